The number of alkyl halides is 2. The molecule has 78 valence electrons. The molecule has 1 unspecified atom stereocenters. The number of carbonyl (C=O) groups is 1. The fraction of sp³-hybridized carbons (Fsp3) is 0.875. The Balaban J connectivity index is 4.08. The van der Waals surface area contributed by atoms with Crippen LogP contribution in [0.25, 0.3) is 0 Å². The maximum Gasteiger partial charge on any atom is 0.320 e. The van der Waals surface area contributed by atoms with Gasteiger partial charge in [-0.3, -0.25) is 4.79 Å². The number of halogens is 2. The maximum atomic E-state index is 12.0. The molecule has 1 atom stereocenters. The van der Waals surface area contributed by atoms with Gasteiger partial charge in [0.2, 0.25) is 6.43 Å². The summed E-state index contributed by atoms with van der Waals surface area (Å²) in [6.45, 7) is 3.17. The van der Waals surface area contributed by atoms with Gasteiger partial charge in [-0.25, -0.2) is 8.78 Å². The Morgan fingerprint density at radius 3 is 2.23 bits per heavy atom. The zero-order chi connectivity index (χ0) is 10.6. The van der Waals surface area contributed by atoms with Crippen molar-refractivity contribution in [1.29, 1.82) is 0 Å². The zero-order valence-corrected chi connectivity index (χ0v) is 7.76. The van der Waals surface area contributed by atoms with E-state index in [0.29, 0.717) is 0 Å². The molecule has 0 heterocycles. The van der Waals surface area contributed by atoms with Crippen LogP contribution >= 0.6 is 0 Å². The Hall–Kier alpha value is -0.710. The molecule has 0 aromatic heterocycles. The molecule has 0 aliphatic carbocycles. The van der Waals surface area contributed by atoms with Crippen molar-refractivity contribution >= 4 is 5.97 Å². The summed E-state index contributed by atoms with van der Waals surface area (Å²) in [5.41, 5.74) is 4.50. The second kappa shape index (κ2) is 4.50. The lowest BCUT2D eigenvalue weighted by molar-refractivity contribution is -0.139. The highest BCUT2D eigenvalue weighted by Gasteiger charge is 2.28. The van der Waals surface area contributed by atoms with Crippen LogP contribution in [0.3, 0.4) is 0 Å². The molecule has 0 fully saturated rings. The number of carboxylic acid groups (broad SMARTS) is 1. The number of aliphatic carboxylic acids is 1. The van der Waals surface area contributed by atoms with Crippen molar-refractivity contribution in [3.63, 3.8) is 0 Å². The first-order valence-electron chi connectivity index (χ1n) is 4.01. The summed E-state index contributed by atoms with van der Waals surface area (Å²) in [6.07, 6.45) is -2.68. The van der Waals surface area contributed by atoms with Crippen molar-refractivity contribution in [2.75, 3.05) is 0 Å². The average molecular weight is 195 g/mol. The molecule has 0 radical (unpaired) electrons. The quantitative estimate of drug-likeness (QED) is 0.698. The number of hydrogen-bond acceptors (Lipinski definition) is 2. The van der Waals surface area contributed by atoms with Crippen LogP contribution in [0.5, 0.6) is 0 Å². The third-order valence-electron chi connectivity index (χ3n) is 1.80. The highest BCUT2D eigenvalue weighted by atomic mass is 19.3. The Morgan fingerprint density at radius 2 is 1.92 bits per heavy atom. The number of hydrogen-bond donors (Lipinski definition) is 2. The van der Waals surface area contributed by atoms with E-state index in [1.54, 1.807) is 13.8 Å². The predicted octanol–water partition coefficient (Wildman–Crippen LogP) is 1.47. The van der Waals surface area contributed by atoms with Crippen molar-refractivity contribution in [3.8, 4) is 0 Å². The van der Waals surface area contributed by atoms with Crippen LogP contribution in [0.2, 0.25) is 0 Å². The second-order valence-electron chi connectivity index (χ2n) is 3.91. The van der Waals surface area contributed by atoms with Crippen LogP contribution in [0.1, 0.15) is 26.7 Å². The van der Waals surface area contributed by atoms with Gasteiger partial charge in [-0.05, 0) is 11.8 Å². The standard InChI is InChI=1S/C8H15F2NO2/c1-8(2,4-6(9)10)3-5(11)7(12)13/h5-6H,3-4,11H2,1-2H3,(H,12,13). The van der Waals surface area contributed by atoms with E-state index in [1.807, 2.05) is 0 Å². The van der Waals surface area contributed by atoms with E-state index in [0.717, 1.165) is 0 Å². The summed E-state index contributed by atoms with van der Waals surface area (Å²) in [5, 5.41) is 8.47. The smallest absolute Gasteiger partial charge is 0.320 e. The van der Waals surface area contributed by atoms with Crippen molar-refractivity contribution in [2.24, 2.45) is 11.1 Å². The molecule has 3 N–H and O–H groups in total. The third kappa shape index (κ3) is 5.52. The van der Waals surface area contributed by atoms with Gasteiger partial charge in [-0.1, -0.05) is 13.8 Å². The number of rotatable bonds is 5. The minimum Gasteiger partial charge on any atom is -0.480 e. The maximum absolute atomic E-state index is 12.0. The summed E-state index contributed by atoms with van der Waals surface area (Å²) in [5.74, 6) is -1.15. The lowest BCUT2D eigenvalue weighted by Gasteiger charge is -2.25. The predicted molar refractivity (Wildman–Crippen MR) is 44.6 cm³/mol. The second-order valence-corrected chi connectivity index (χ2v) is 3.91. The molecule has 0 rings (SSSR count). The fourth-order valence-electron chi connectivity index (χ4n) is 1.18. The molecule has 0 amide bonds. The highest BCUT2D eigenvalue weighted by Crippen LogP contribution is 2.29. The van der Waals surface area contributed by atoms with Crippen molar-refractivity contribution < 1.29 is 18.7 Å². The normalized spacial score (nSPS) is 14.6. The van der Waals surface area contributed by atoms with Crippen LogP contribution < -0.4 is 5.73 Å². The van der Waals surface area contributed by atoms with Crippen LogP contribution in [0, 0.1) is 5.41 Å². The van der Waals surface area contributed by atoms with E-state index in [4.69, 9.17) is 10.8 Å². The summed E-state index contributed by atoms with van der Waals surface area (Å²) in [6, 6.07) is -1.06. The molecule has 0 saturated carbocycles. The van der Waals surface area contributed by atoms with E-state index in [-0.39, 0.29) is 12.8 Å². The van der Waals surface area contributed by atoms with Crippen LogP contribution in [0.4, 0.5) is 8.78 Å². The van der Waals surface area contributed by atoms with Gasteiger partial charge in [0.05, 0.1) is 0 Å². The molecular weight excluding hydrogens is 180 g/mol. The minimum absolute atomic E-state index is 0.0622. The van der Waals surface area contributed by atoms with Gasteiger partial charge in [0.1, 0.15) is 6.04 Å². The molecule has 0 aliphatic rings. The van der Waals surface area contributed by atoms with Gasteiger partial charge in [-0.15, -0.1) is 0 Å². The average Bonchev–Trinajstić information content (AvgIpc) is 1.81. The molecule has 0 saturated heterocycles. The fourth-order valence-corrected chi connectivity index (χ4v) is 1.18. The summed E-state index contributed by atoms with van der Waals surface area (Å²) >= 11 is 0. The van der Waals surface area contributed by atoms with Crippen molar-refractivity contribution in [3.05, 3.63) is 0 Å². The largest absolute Gasteiger partial charge is 0.480 e. The molecule has 13 heavy (non-hydrogen) atoms. The first kappa shape index (κ1) is 12.3. The number of carboxylic acids is 1. The molecule has 0 aromatic rings. The van der Waals surface area contributed by atoms with Gasteiger partial charge in [0, 0.05) is 6.42 Å². The Bertz CT molecular complexity index is 183. The lowest BCUT2D eigenvalue weighted by Crippen LogP contribution is -2.35. The Labute approximate surface area is 75.9 Å². The van der Waals surface area contributed by atoms with Gasteiger partial charge in [-0.2, -0.15) is 0 Å². The summed E-state index contributed by atoms with van der Waals surface area (Å²) in [4.78, 5) is 10.4. The molecule has 0 spiro atoms. The van der Waals surface area contributed by atoms with Crippen LogP contribution in [-0.4, -0.2) is 23.5 Å². The Kier molecular flexibility index (Phi) is 4.26. The minimum atomic E-state index is -2.42. The topological polar surface area (TPSA) is 63.3 Å². The molecule has 5 heteroatoms. The van der Waals surface area contributed by atoms with E-state index < -0.39 is 23.9 Å². The van der Waals surface area contributed by atoms with E-state index in [2.05, 4.69) is 0 Å². The summed E-state index contributed by atoms with van der Waals surface area (Å²) < 4.78 is 24.0. The van der Waals surface area contributed by atoms with E-state index in [9.17, 15) is 13.6 Å². The highest BCUT2D eigenvalue weighted by molar-refractivity contribution is 5.73. The monoisotopic (exact) mass is 195 g/mol. The molecule has 0 aliphatic heterocycles. The SMILES string of the molecule is CC(C)(CC(F)F)CC(N)C(=O)O. The van der Waals surface area contributed by atoms with Crippen molar-refractivity contribution in [1.82, 2.24) is 0 Å². The lowest BCUT2D eigenvalue weighted by atomic mass is 9.83. The molecule has 3 nitrogen and oxygen atoms in total. The third-order valence-corrected chi connectivity index (χ3v) is 1.80. The zero-order valence-electron chi connectivity index (χ0n) is 7.76. The van der Waals surface area contributed by atoms with Crippen molar-refractivity contribution in [2.45, 2.75) is 39.2 Å². The number of nitrogens with two attached hydrogens (primary N) is 1. The first-order valence-corrected chi connectivity index (χ1v) is 4.01. The van der Waals surface area contributed by atoms with Gasteiger partial charge < -0.3 is 10.8 Å². The van der Waals surface area contributed by atoms with E-state index in [1.165, 1.54) is 0 Å². The van der Waals surface area contributed by atoms with Crippen LogP contribution in [0.15, 0.2) is 0 Å². The molecule has 0 aromatic carbocycles. The van der Waals surface area contributed by atoms with Gasteiger partial charge >= 0.3 is 5.97 Å². The van der Waals surface area contributed by atoms with Crippen LogP contribution in [-0.2, 0) is 4.79 Å². The Morgan fingerprint density at radius 1 is 1.46 bits per heavy atom. The molecular formula is C8H15F2NO2. The summed E-state index contributed by atoms with van der Waals surface area (Å²) in [7, 11) is 0. The molecule has 0 bridgehead atoms. The van der Waals surface area contributed by atoms with E-state index >= 15 is 0 Å². The van der Waals surface area contributed by atoms with Gasteiger partial charge in [0.15, 0.2) is 0 Å². The first-order chi connectivity index (χ1) is 5.74. The van der Waals surface area contributed by atoms with Gasteiger partial charge in [0.25, 0.3) is 0 Å².